The molecule has 2 heterocycles. The molecule has 4 rings (SSSR count). The average Bonchev–Trinajstić information content (AvgIpc) is 3.24. The minimum Gasteiger partial charge on any atom is -0.496 e. The van der Waals surface area contributed by atoms with Crippen molar-refractivity contribution in [2.45, 2.75) is 6.92 Å². The predicted octanol–water partition coefficient (Wildman–Crippen LogP) is 3.67. The number of aromatic nitrogens is 2. The van der Waals surface area contributed by atoms with Crippen molar-refractivity contribution in [3.8, 4) is 23.3 Å². The van der Waals surface area contributed by atoms with Crippen LogP contribution < -0.4 is 14.2 Å². The highest BCUT2D eigenvalue weighted by Crippen LogP contribution is 2.39. The van der Waals surface area contributed by atoms with Crippen LogP contribution in [0.15, 0.2) is 30.3 Å². The second kappa shape index (κ2) is 5.87. The van der Waals surface area contributed by atoms with Gasteiger partial charge in [0, 0.05) is 11.6 Å². The lowest BCUT2D eigenvalue weighted by Crippen LogP contribution is -1.92. The molecular weight excluding hydrogens is 318 g/mol. The van der Waals surface area contributed by atoms with Gasteiger partial charge in [0.2, 0.25) is 6.79 Å². The molecule has 0 spiro atoms. The Bertz CT molecular complexity index is 1040. The summed E-state index contributed by atoms with van der Waals surface area (Å²) >= 11 is 0. The molecule has 0 amide bonds. The zero-order valence-electron chi connectivity index (χ0n) is 13.8. The van der Waals surface area contributed by atoms with Gasteiger partial charge in [0.15, 0.2) is 11.5 Å². The number of ether oxygens (including phenoxy) is 3. The Morgan fingerprint density at radius 1 is 1.28 bits per heavy atom. The van der Waals surface area contributed by atoms with E-state index in [0.29, 0.717) is 28.6 Å². The van der Waals surface area contributed by atoms with E-state index in [1.54, 1.807) is 25.3 Å². The van der Waals surface area contributed by atoms with Gasteiger partial charge in [-0.1, -0.05) is 6.07 Å². The topological polar surface area (TPSA) is 80.2 Å². The number of hydrogen-bond acceptors (Lipinski definition) is 5. The molecule has 3 aromatic rings. The summed E-state index contributed by atoms with van der Waals surface area (Å²) in [7, 11) is 1.57. The average molecular weight is 333 g/mol. The second-order valence-corrected chi connectivity index (χ2v) is 5.72. The quantitative estimate of drug-likeness (QED) is 0.740. The third-order valence-corrected chi connectivity index (χ3v) is 4.04. The number of nitriles is 1. The summed E-state index contributed by atoms with van der Waals surface area (Å²) in [5.74, 6) is 2.38. The van der Waals surface area contributed by atoms with Crippen LogP contribution in [0.5, 0.6) is 17.2 Å². The van der Waals surface area contributed by atoms with Gasteiger partial charge in [0.1, 0.15) is 17.6 Å². The molecule has 6 heteroatoms. The van der Waals surface area contributed by atoms with E-state index in [-0.39, 0.29) is 6.79 Å². The van der Waals surface area contributed by atoms with Crippen molar-refractivity contribution in [3.05, 3.63) is 47.3 Å². The van der Waals surface area contributed by atoms with Crippen molar-refractivity contribution in [1.29, 1.82) is 5.26 Å². The van der Waals surface area contributed by atoms with Crippen molar-refractivity contribution >= 4 is 22.7 Å². The molecular formula is C19H15N3O3. The smallest absolute Gasteiger partial charge is 0.231 e. The molecule has 1 aliphatic heterocycles. The first kappa shape index (κ1) is 15.1. The first-order valence-electron chi connectivity index (χ1n) is 7.74. The molecule has 0 aliphatic carbocycles. The van der Waals surface area contributed by atoms with E-state index < -0.39 is 0 Å². The van der Waals surface area contributed by atoms with Crippen LogP contribution in [-0.2, 0) is 0 Å². The Morgan fingerprint density at radius 3 is 2.84 bits per heavy atom. The van der Waals surface area contributed by atoms with Crippen LogP contribution in [-0.4, -0.2) is 23.9 Å². The van der Waals surface area contributed by atoms with Gasteiger partial charge in [0.25, 0.3) is 0 Å². The van der Waals surface area contributed by atoms with E-state index in [1.807, 2.05) is 25.1 Å². The first-order chi connectivity index (χ1) is 12.2. The predicted molar refractivity (Wildman–Crippen MR) is 93.4 cm³/mol. The lowest BCUT2D eigenvalue weighted by Gasteiger charge is -2.07. The molecule has 0 fully saturated rings. The van der Waals surface area contributed by atoms with Gasteiger partial charge < -0.3 is 19.2 Å². The molecule has 1 aliphatic rings. The molecule has 2 aromatic carbocycles. The summed E-state index contributed by atoms with van der Waals surface area (Å²) in [5.41, 5.74) is 3.97. The molecule has 1 aromatic heterocycles. The minimum absolute atomic E-state index is 0.180. The lowest BCUT2D eigenvalue weighted by molar-refractivity contribution is 0.174. The van der Waals surface area contributed by atoms with Crippen molar-refractivity contribution < 1.29 is 14.2 Å². The summed E-state index contributed by atoms with van der Waals surface area (Å²) < 4.78 is 16.2. The van der Waals surface area contributed by atoms with E-state index in [2.05, 4.69) is 16.0 Å². The fourth-order valence-corrected chi connectivity index (χ4v) is 2.79. The van der Waals surface area contributed by atoms with E-state index in [1.165, 1.54) is 0 Å². The van der Waals surface area contributed by atoms with E-state index in [0.717, 1.165) is 22.2 Å². The van der Waals surface area contributed by atoms with Gasteiger partial charge in [-0.05, 0) is 36.8 Å². The molecule has 124 valence electrons. The second-order valence-electron chi connectivity index (χ2n) is 5.72. The molecule has 1 N–H and O–H groups in total. The van der Waals surface area contributed by atoms with Crippen molar-refractivity contribution in [2.24, 2.45) is 0 Å². The van der Waals surface area contributed by atoms with Crippen LogP contribution >= 0.6 is 0 Å². The summed E-state index contributed by atoms with van der Waals surface area (Å²) in [6, 6.07) is 11.7. The molecule has 0 bridgehead atoms. The number of aromatic amines is 1. The number of benzene rings is 2. The molecule has 0 unspecified atom stereocenters. The number of H-pyrrole nitrogens is 1. The third-order valence-electron chi connectivity index (χ3n) is 4.04. The van der Waals surface area contributed by atoms with Crippen LogP contribution in [0.4, 0.5) is 0 Å². The third kappa shape index (κ3) is 2.66. The fourth-order valence-electron chi connectivity index (χ4n) is 2.79. The standard InChI is InChI=1S/C19H15N3O3/c1-11-3-4-14-15(5-11)22-19(21-14)13(9-20)6-12-7-17-18(25-10-24-17)8-16(12)23-2/h3-8H,10H2,1-2H3,(H,21,22). The highest BCUT2D eigenvalue weighted by Gasteiger charge is 2.18. The molecule has 0 saturated carbocycles. The molecule has 0 saturated heterocycles. The van der Waals surface area contributed by atoms with Crippen molar-refractivity contribution in [3.63, 3.8) is 0 Å². The summed E-state index contributed by atoms with van der Waals surface area (Å²) in [6.07, 6.45) is 1.73. The van der Waals surface area contributed by atoms with Crippen LogP contribution in [0, 0.1) is 18.3 Å². The Morgan fingerprint density at radius 2 is 2.08 bits per heavy atom. The Labute approximate surface area is 144 Å². The molecule has 0 radical (unpaired) electrons. The first-order valence-corrected chi connectivity index (χ1v) is 7.74. The minimum atomic E-state index is 0.180. The van der Waals surface area contributed by atoms with Gasteiger partial charge in [-0.25, -0.2) is 4.98 Å². The summed E-state index contributed by atoms with van der Waals surface area (Å²) in [4.78, 5) is 7.70. The number of aryl methyl sites for hydroxylation is 1. The largest absolute Gasteiger partial charge is 0.496 e. The van der Waals surface area contributed by atoms with Crippen LogP contribution in [0.2, 0.25) is 0 Å². The Balaban J connectivity index is 1.81. The number of imidazole rings is 1. The van der Waals surface area contributed by atoms with Crippen molar-refractivity contribution in [2.75, 3.05) is 13.9 Å². The number of allylic oxidation sites excluding steroid dienone is 1. The maximum Gasteiger partial charge on any atom is 0.231 e. The fraction of sp³-hybridized carbons (Fsp3) is 0.158. The molecule has 25 heavy (non-hydrogen) atoms. The van der Waals surface area contributed by atoms with Crippen molar-refractivity contribution in [1.82, 2.24) is 9.97 Å². The van der Waals surface area contributed by atoms with Crippen LogP contribution in [0.1, 0.15) is 17.0 Å². The highest BCUT2D eigenvalue weighted by molar-refractivity contribution is 5.91. The number of hydrogen-bond donors (Lipinski definition) is 1. The van der Waals surface area contributed by atoms with Crippen LogP contribution in [0.25, 0.3) is 22.7 Å². The van der Waals surface area contributed by atoms with Gasteiger partial charge in [-0.15, -0.1) is 0 Å². The number of nitrogens with zero attached hydrogens (tertiary/aromatic N) is 2. The SMILES string of the molecule is COc1cc2c(cc1C=C(C#N)c1nc3ccc(C)cc3[nH]1)OCO2. The maximum absolute atomic E-state index is 9.60. The highest BCUT2D eigenvalue weighted by atomic mass is 16.7. The van der Waals surface area contributed by atoms with Gasteiger partial charge in [0.05, 0.1) is 23.7 Å². The maximum atomic E-state index is 9.60. The van der Waals surface area contributed by atoms with E-state index in [4.69, 9.17) is 14.2 Å². The van der Waals surface area contributed by atoms with E-state index in [9.17, 15) is 5.26 Å². The molecule has 6 nitrogen and oxygen atoms in total. The zero-order valence-corrected chi connectivity index (χ0v) is 13.8. The summed E-state index contributed by atoms with van der Waals surface area (Å²) in [5, 5.41) is 9.60. The van der Waals surface area contributed by atoms with Gasteiger partial charge in [-0.2, -0.15) is 5.26 Å². The monoisotopic (exact) mass is 333 g/mol. The molecule has 0 atom stereocenters. The number of methoxy groups -OCH3 is 1. The van der Waals surface area contributed by atoms with E-state index >= 15 is 0 Å². The Kier molecular flexibility index (Phi) is 3.55. The summed E-state index contributed by atoms with van der Waals surface area (Å²) in [6.45, 7) is 2.19. The van der Waals surface area contributed by atoms with Gasteiger partial charge >= 0.3 is 0 Å². The number of rotatable bonds is 3. The van der Waals surface area contributed by atoms with Gasteiger partial charge in [-0.3, -0.25) is 0 Å². The zero-order chi connectivity index (χ0) is 17.4. The normalized spacial score (nSPS) is 13.1. The Hall–Kier alpha value is -3.46. The van der Waals surface area contributed by atoms with Crippen LogP contribution in [0.3, 0.4) is 0 Å². The lowest BCUT2D eigenvalue weighted by atomic mass is 10.1. The number of nitrogens with one attached hydrogen (secondary N) is 1. The number of fused-ring (bicyclic) bond motifs is 2.